The smallest absolute Gasteiger partial charge is 0.398 e. The van der Waals surface area contributed by atoms with Crippen LogP contribution in [0.15, 0.2) is 22.7 Å². The Bertz CT molecular complexity index is 666. The molecule has 0 saturated carbocycles. The third-order valence-electron chi connectivity index (χ3n) is 3.44. The molecule has 0 unspecified atom stereocenters. The van der Waals surface area contributed by atoms with Crippen LogP contribution in [0, 0.1) is 6.92 Å². The Morgan fingerprint density at radius 1 is 1.32 bits per heavy atom. The van der Waals surface area contributed by atoms with E-state index in [4.69, 9.17) is 10.3 Å². The van der Waals surface area contributed by atoms with Crippen molar-refractivity contribution in [1.82, 2.24) is 10.1 Å². The van der Waals surface area contributed by atoms with E-state index < -0.39 is 18.2 Å². The second kappa shape index (κ2) is 5.60. The molecule has 0 aliphatic carbocycles. The van der Waals surface area contributed by atoms with Gasteiger partial charge in [-0.3, -0.25) is 0 Å². The second-order valence-electron chi connectivity index (χ2n) is 5.35. The third kappa shape index (κ3) is 3.38. The number of alkyl halides is 3. The molecular formula is C14H16F3N3O2. The number of aliphatic hydroxyl groups is 1. The summed E-state index contributed by atoms with van der Waals surface area (Å²) in [4.78, 5) is 4.02. The molecule has 0 saturated heterocycles. The van der Waals surface area contributed by atoms with E-state index in [0.717, 1.165) is 5.56 Å². The van der Waals surface area contributed by atoms with E-state index in [2.05, 4.69) is 10.1 Å². The van der Waals surface area contributed by atoms with Gasteiger partial charge in [0.1, 0.15) is 0 Å². The monoisotopic (exact) mass is 315 g/mol. The molecule has 1 aromatic carbocycles. The molecule has 8 heteroatoms. The SMILES string of the molecule is Cc1ccc(-c2noc(CC[C@@](C)(O)C(F)(F)F)n2)cc1N. The average Bonchev–Trinajstić information content (AvgIpc) is 2.87. The van der Waals surface area contributed by atoms with Gasteiger partial charge in [-0.1, -0.05) is 17.3 Å². The minimum absolute atomic E-state index is 0.0265. The normalized spacial score (nSPS) is 14.8. The second-order valence-corrected chi connectivity index (χ2v) is 5.35. The van der Waals surface area contributed by atoms with Gasteiger partial charge in [0.15, 0.2) is 5.60 Å². The summed E-state index contributed by atoms with van der Waals surface area (Å²) in [6.45, 7) is 2.56. The van der Waals surface area contributed by atoms with Crippen LogP contribution in [0.2, 0.25) is 0 Å². The molecule has 22 heavy (non-hydrogen) atoms. The van der Waals surface area contributed by atoms with Crippen molar-refractivity contribution in [2.45, 2.75) is 38.5 Å². The van der Waals surface area contributed by atoms with Gasteiger partial charge in [0, 0.05) is 17.7 Å². The van der Waals surface area contributed by atoms with E-state index >= 15 is 0 Å². The molecular weight excluding hydrogens is 299 g/mol. The van der Waals surface area contributed by atoms with Gasteiger partial charge < -0.3 is 15.4 Å². The van der Waals surface area contributed by atoms with Crippen LogP contribution in [0.3, 0.4) is 0 Å². The van der Waals surface area contributed by atoms with Crippen LogP contribution in [-0.2, 0) is 6.42 Å². The summed E-state index contributed by atoms with van der Waals surface area (Å²) in [7, 11) is 0. The first-order chi connectivity index (χ1) is 10.1. The molecule has 0 fully saturated rings. The van der Waals surface area contributed by atoms with Gasteiger partial charge in [-0.25, -0.2) is 0 Å². The zero-order chi connectivity index (χ0) is 16.5. The van der Waals surface area contributed by atoms with Crippen LogP contribution >= 0.6 is 0 Å². The number of rotatable bonds is 4. The van der Waals surface area contributed by atoms with Crippen LogP contribution in [0.5, 0.6) is 0 Å². The Hall–Kier alpha value is -2.09. The molecule has 0 radical (unpaired) electrons. The molecule has 0 spiro atoms. The molecule has 1 atom stereocenters. The Balaban J connectivity index is 2.10. The zero-order valence-electron chi connectivity index (χ0n) is 12.1. The lowest BCUT2D eigenvalue weighted by Crippen LogP contribution is -2.42. The number of aryl methyl sites for hydroxylation is 2. The van der Waals surface area contributed by atoms with E-state index in [1.807, 2.05) is 6.92 Å². The minimum atomic E-state index is -4.71. The molecule has 0 aliphatic heterocycles. The van der Waals surface area contributed by atoms with E-state index in [0.29, 0.717) is 18.2 Å². The maximum Gasteiger partial charge on any atom is 0.416 e. The first-order valence-corrected chi connectivity index (χ1v) is 6.58. The first-order valence-electron chi connectivity index (χ1n) is 6.58. The van der Waals surface area contributed by atoms with Crippen LogP contribution in [0.1, 0.15) is 24.8 Å². The minimum Gasteiger partial charge on any atom is -0.398 e. The van der Waals surface area contributed by atoms with Gasteiger partial charge in [-0.05, 0) is 31.9 Å². The summed E-state index contributed by atoms with van der Waals surface area (Å²) in [5.41, 5.74) is 5.06. The van der Waals surface area contributed by atoms with Crippen molar-refractivity contribution in [2.75, 3.05) is 5.73 Å². The molecule has 1 heterocycles. The topological polar surface area (TPSA) is 85.2 Å². The van der Waals surface area contributed by atoms with Gasteiger partial charge in [-0.15, -0.1) is 0 Å². The highest BCUT2D eigenvalue weighted by Crippen LogP contribution is 2.33. The lowest BCUT2D eigenvalue weighted by Gasteiger charge is -2.25. The Kier molecular flexibility index (Phi) is 4.15. The molecule has 0 aliphatic rings. The molecule has 1 aromatic heterocycles. The Morgan fingerprint density at radius 3 is 2.59 bits per heavy atom. The first kappa shape index (κ1) is 16.3. The fraction of sp³-hybridized carbons (Fsp3) is 0.429. The van der Waals surface area contributed by atoms with E-state index in [9.17, 15) is 18.3 Å². The molecule has 3 N–H and O–H groups in total. The molecule has 120 valence electrons. The summed E-state index contributed by atoms with van der Waals surface area (Å²) in [6.07, 6.45) is -5.45. The number of nitrogens with two attached hydrogens (primary N) is 1. The van der Waals surface area contributed by atoms with Crippen LogP contribution in [0.4, 0.5) is 18.9 Å². The molecule has 5 nitrogen and oxygen atoms in total. The van der Waals surface area contributed by atoms with E-state index in [1.54, 1.807) is 18.2 Å². The van der Waals surface area contributed by atoms with Gasteiger partial charge >= 0.3 is 6.18 Å². The highest BCUT2D eigenvalue weighted by molar-refractivity contribution is 5.63. The number of anilines is 1. The molecule has 0 amide bonds. The highest BCUT2D eigenvalue weighted by Gasteiger charge is 2.49. The molecule has 2 aromatic rings. The number of halogens is 3. The Morgan fingerprint density at radius 2 is 2.00 bits per heavy atom. The Labute approximate surface area is 124 Å². The largest absolute Gasteiger partial charge is 0.416 e. The number of nitrogens with zero attached hydrogens (tertiary/aromatic N) is 2. The number of benzene rings is 1. The van der Waals surface area contributed by atoms with Crippen molar-refractivity contribution < 1.29 is 22.8 Å². The fourth-order valence-electron chi connectivity index (χ4n) is 1.75. The van der Waals surface area contributed by atoms with Gasteiger partial charge in [0.25, 0.3) is 0 Å². The lowest BCUT2D eigenvalue weighted by molar-refractivity contribution is -0.255. The van der Waals surface area contributed by atoms with Gasteiger partial charge in [0.05, 0.1) is 0 Å². The number of nitrogen functional groups attached to an aromatic ring is 1. The number of aromatic nitrogens is 2. The van der Waals surface area contributed by atoms with Crippen molar-refractivity contribution in [3.63, 3.8) is 0 Å². The molecule has 2 rings (SSSR count). The highest BCUT2D eigenvalue weighted by atomic mass is 19.4. The summed E-state index contributed by atoms with van der Waals surface area (Å²) >= 11 is 0. The summed E-state index contributed by atoms with van der Waals surface area (Å²) in [5, 5.41) is 13.1. The maximum atomic E-state index is 12.6. The average molecular weight is 315 g/mol. The van der Waals surface area contributed by atoms with Crippen molar-refractivity contribution in [3.05, 3.63) is 29.7 Å². The van der Waals surface area contributed by atoms with E-state index in [-0.39, 0.29) is 18.1 Å². The number of hydrogen-bond acceptors (Lipinski definition) is 5. The number of hydrogen-bond donors (Lipinski definition) is 2. The lowest BCUT2D eigenvalue weighted by atomic mass is 10.00. The van der Waals surface area contributed by atoms with Crippen molar-refractivity contribution in [2.24, 2.45) is 0 Å². The fourth-order valence-corrected chi connectivity index (χ4v) is 1.75. The van der Waals surface area contributed by atoms with Crippen LogP contribution in [0.25, 0.3) is 11.4 Å². The summed E-state index contributed by atoms with van der Waals surface area (Å²) < 4.78 is 42.6. The zero-order valence-corrected chi connectivity index (χ0v) is 12.1. The van der Waals surface area contributed by atoms with Crippen LogP contribution < -0.4 is 5.73 Å². The molecule has 0 bridgehead atoms. The predicted octanol–water partition coefficient (Wildman–Crippen LogP) is 2.87. The van der Waals surface area contributed by atoms with Crippen molar-refractivity contribution in [3.8, 4) is 11.4 Å². The van der Waals surface area contributed by atoms with Crippen molar-refractivity contribution >= 4 is 5.69 Å². The van der Waals surface area contributed by atoms with Gasteiger partial charge in [0.2, 0.25) is 11.7 Å². The predicted molar refractivity (Wildman–Crippen MR) is 73.9 cm³/mol. The summed E-state index contributed by atoms with van der Waals surface area (Å²) in [5.74, 6) is 0.270. The van der Waals surface area contributed by atoms with Crippen molar-refractivity contribution in [1.29, 1.82) is 0 Å². The maximum absolute atomic E-state index is 12.6. The van der Waals surface area contributed by atoms with Gasteiger partial charge in [-0.2, -0.15) is 18.2 Å². The standard InChI is InChI=1S/C14H16F3N3O2/c1-8-3-4-9(7-10(8)18)12-19-11(22-20-12)5-6-13(2,21)14(15,16)17/h3-4,7,21H,5-6,18H2,1-2H3/t13-/m1/s1. The van der Waals surface area contributed by atoms with Crippen LogP contribution in [-0.4, -0.2) is 27.0 Å². The third-order valence-corrected chi connectivity index (χ3v) is 3.44. The quantitative estimate of drug-likeness (QED) is 0.847. The summed E-state index contributed by atoms with van der Waals surface area (Å²) in [6, 6.07) is 5.19. The van der Waals surface area contributed by atoms with E-state index in [1.165, 1.54) is 0 Å².